The Hall–Kier alpha value is 0.140. The van der Waals surface area contributed by atoms with Crippen LogP contribution >= 0.6 is 27.3 Å². The van der Waals surface area contributed by atoms with Crippen molar-refractivity contribution in [3.63, 3.8) is 0 Å². The van der Waals surface area contributed by atoms with E-state index in [9.17, 15) is 0 Å². The van der Waals surface area contributed by atoms with Gasteiger partial charge in [0.25, 0.3) is 0 Å². The molecule has 0 aromatic carbocycles. The third kappa shape index (κ3) is 2.74. The summed E-state index contributed by atoms with van der Waals surface area (Å²) in [4.78, 5) is 1.54. The van der Waals surface area contributed by atoms with Crippen molar-refractivity contribution in [2.45, 2.75) is 57.9 Å². The predicted octanol–water partition coefficient (Wildman–Crippen LogP) is 5.25. The van der Waals surface area contributed by atoms with Gasteiger partial charge < -0.3 is 5.32 Å². The molecule has 1 nitrogen and oxygen atoms in total. The van der Waals surface area contributed by atoms with Gasteiger partial charge in [0.1, 0.15) is 0 Å². The van der Waals surface area contributed by atoms with Gasteiger partial charge in [0.05, 0.1) is 3.79 Å². The molecule has 1 N–H and O–H groups in total. The number of hydrogen-bond acceptors (Lipinski definition) is 2. The highest BCUT2D eigenvalue weighted by molar-refractivity contribution is 9.11. The molecule has 116 valence electrons. The lowest BCUT2D eigenvalue weighted by molar-refractivity contribution is -0.0732. The van der Waals surface area contributed by atoms with E-state index in [-0.39, 0.29) is 0 Å². The van der Waals surface area contributed by atoms with Crippen molar-refractivity contribution < 1.29 is 0 Å². The van der Waals surface area contributed by atoms with Gasteiger partial charge in [0.2, 0.25) is 0 Å². The molecule has 1 unspecified atom stereocenters. The summed E-state index contributed by atoms with van der Waals surface area (Å²) in [7, 11) is 0. The van der Waals surface area contributed by atoms with Crippen LogP contribution in [0.3, 0.4) is 0 Å². The molecular weight excluding hydrogens is 342 g/mol. The molecule has 1 atom stereocenters. The summed E-state index contributed by atoms with van der Waals surface area (Å²) in [5, 5.41) is 3.89. The van der Waals surface area contributed by atoms with Crippen LogP contribution in [0.4, 0.5) is 0 Å². The molecule has 1 aromatic rings. The number of rotatable bonds is 5. The fourth-order valence-corrected chi connectivity index (χ4v) is 7.55. The average Bonchev–Trinajstić information content (AvgIpc) is 2.82. The van der Waals surface area contributed by atoms with E-state index in [2.05, 4.69) is 40.3 Å². The highest BCUT2D eigenvalue weighted by atomic mass is 79.9. The van der Waals surface area contributed by atoms with Gasteiger partial charge in [-0.05, 0) is 103 Å². The number of halogens is 1. The molecule has 21 heavy (non-hydrogen) atoms. The molecule has 1 aromatic heterocycles. The standard InChI is InChI=1S/C18H26BrNS/c1-2-20-16(8-15-3-4-17(19)21-15)18-9-12-5-13(10-18)7-14(6-12)11-18/h3-4,12-14,16,20H,2,5-11H2,1H3. The van der Waals surface area contributed by atoms with Gasteiger partial charge in [-0.3, -0.25) is 0 Å². The van der Waals surface area contributed by atoms with Gasteiger partial charge in [-0.2, -0.15) is 0 Å². The molecule has 0 radical (unpaired) electrons. The number of thiophene rings is 1. The molecule has 0 aliphatic heterocycles. The molecule has 4 aliphatic rings. The lowest BCUT2D eigenvalue weighted by atomic mass is 9.47. The first-order valence-electron chi connectivity index (χ1n) is 8.64. The van der Waals surface area contributed by atoms with Crippen molar-refractivity contribution in [2.24, 2.45) is 23.2 Å². The number of nitrogens with one attached hydrogen (secondary N) is 1. The Balaban J connectivity index is 1.58. The van der Waals surface area contributed by atoms with Crippen LogP contribution in [0.2, 0.25) is 0 Å². The normalized spacial score (nSPS) is 38.9. The Morgan fingerprint density at radius 2 is 1.81 bits per heavy atom. The van der Waals surface area contributed by atoms with E-state index in [1.165, 1.54) is 29.5 Å². The van der Waals surface area contributed by atoms with Crippen molar-refractivity contribution >= 4 is 27.3 Å². The second kappa shape index (κ2) is 5.65. The average molecular weight is 368 g/mol. The summed E-state index contributed by atoms with van der Waals surface area (Å²) < 4.78 is 1.28. The molecule has 0 saturated heterocycles. The summed E-state index contributed by atoms with van der Waals surface area (Å²) in [6.07, 6.45) is 10.4. The van der Waals surface area contributed by atoms with Gasteiger partial charge in [-0.1, -0.05) is 6.92 Å². The number of hydrogen-bond donors (Lipinski definition) is 1. The minimum absolute atomic E-state index is 0.612. The van der Waals surface area contributed by atoms with Crippen LogP contribution in [-0.4, -0.2) is 12.6 Å². The van der Waals surface area contributed by atoms with E-state index < -0.39 is 0 Å². The minimum atomic E-state index is 0.612. The summed E-state index contributed by atoms with van der Waals surface area (Å²) in [6, 6.07) is 5.23. The molecule has 5 rings (SSSR count). The Morgan fingerprint density at radius 3 is 2.29 bits per heavy atom. The molecule has 0 amide bonds. The molecular formula is C18H26BrNS. The zero-order valence-electron chi connectivity index (χ0n) is 12.9. The summed E-state index contributed by atoms with van der Waals surface area (Å²) in [5.74, 6) is 3.15. The first-order chi connectivity index (χ1) is 10.2. The Labute approximate surface area is 141 Å². The quantitative estimate of drug-likeness (QED) is 0.749. The molecule has 4 bridgehead atoms. The van der Waals surface area contributed by atoms with E-state index in [1.54, 1.807) is 24.1 Å². The van der Waals surface area contributed by atoms with Gasteiger partial charge in [0.15, 0.2) is 0 Å². The molecule has 3 heteroatoms. The Morgan fingerprint density at radius 1 is 1.19 bits per heavy atom. The summed E-state index contributed by atoms with van der Waals surface area (Å²) >= 11 is 5.55. The van der Waals surface area contributed by atoms with Gasteiger partial charge >= 0.3 is 0 Å². The van der Waals surface area contributed by atoms with E-state index >= 15 is 0 Å². The van der Waals surface area contributed by atoms with Crippen LogP contribution in [0.25, 0.3) is 0 Å². The third-order valence-corrected chi connectivity index (χ3v) is 7.96. The summed E-state index contributed by atoms with van der Waals surface area (Å²) in [5.41, 5.74) is 0.612. The number of likely N-dealkylation sites (N-methyl/N-ethyl adjacent to an activating group) is 1. The highest BCUT2D eigenvalue weighted by Crippen LogP contribution is 2.61. The summed E-state index contributed by atoms with van der Waals surface area (Å²) in [6.45, 7) is 3.39. The zero-order chi connectivity index (χ0) is 14.4. The van der Waals surface area contributed by atoms with Crippen molar-refractivity contribution in [1.29, 1.82) is 0 Å². The second-order valence-corrected chi connectivity index (χ2v) is 10.3. The fourth-order valence-electron chi connectivity index (χ4n) is 6.02. The van der Waals surface area contributed by atoms with Crippen LogP contribution in [0.1, 0.15) is 50.3 Å². The fraction of sp³-hybridized carbons (Fsp3) is 0.778. The van der Waals surface area contributed by atoms with Crippen molar-refractivity contribution in [3.8, 4) is 0 Å². The van der Waals surface area contributed by atoms with Crippen LogP contribution in [0.5, 0.6) is 0 Å². The minimum Gasteiger partial charge on any atom is -0.313 e. The zero-order valence-corrected chi connectivity index (χ0v) is 15.3. The van der Waals surface area contributed by atoms with Gasteiger partial charge in [0, 0.05) is 10.9 Å². The van der Waals surface area contributed by atoms with Crippen LogP contribution in [0, 0.1) is 23.2 Å². The Kier molecular flexibility index (Phi) is 3.96. The van der Waals surface area contributed by atoms with E-state index in [4.69, 9.17) is 0 Å². The maximum Gasteiger partial charge on any atom is 0.0701 e. The lowest BCUT2D eigenvalue weighted by Crippen LogP contribution is -2.56. The first-order valence-corrected chi connectivity index (χ1v) is 10.3. The molecule has 4 aliphatic carbocycles. The van der Waals surface area contributed by atoms with E-state index in [1.807, 2.05) is 11.3 Å². The molecule has 4 fully saturated rings. The van der Waals surface area contributed by atoms with Crippen LogP contribution < -0.4 is 5.32 Å². The maximum atomic E-state index is 3.89. The second-order valence-electron chi connectivity index (χ2n) is 7.80. The molecule has 1 heterocycles. The van der Waals surface area contributed by atoms with Gasteiger partial charge in [-0.15, -0.1) is 11.3 Å². The van der Waals surface area contributed by atoms with Crippen molar-refractivity contribution in [2.75, 3.05) is 6.54 Å². The van der Waals surface area contributed by atoms with Crippen molar-refractivity contribution in [3.05, 3.63) is 20.8 Å². The van der Waals surface area contributed by atoms with Crippen LogP contribution in [0.15, 0.2) is 15.9 Å². The predicted molar refractivity (Wildman–Crippen MR) is 93.8 cm³/mol. The van der Waals surface area contributed by atoms with Gasteiger partial charge in [-0.25, -0.2) is 0 Å². The largest absolute Gasteiger partial charge is 0.313 e. The molecule has 4 saturated carbocycles. The Bertz CT molecular complexity index is 474. The lowest BCUT2D eigenvalue weighted by Gasteiger charge is -2.59. The highest BCUT2D eigenvalue weighted by Gasteiger charge is 2.53. The van der Waals surface area contributed by atoms with E-state index in [0.29, 0.717) is 11.5 Å². The molecule has 0 spiro atoms. The smallest absolute Gasteiger partial charge is 0.0701 e. The maximum absolute atomic E-state index is 3.89. The van der Waals surface area contributed by atoms with Crippen molar-refractivity contribution in [1.82, 2.24) is 5.32 Å². The topological polar surface area (TPSA) is 12.0 Å². The monoisotopic (exact) mass is 367 g/mol. The third-order valence-electron chi connectivity index (χ3n) is 6.31. The van der Waals surface area contributed by atoms with Crippen LogP contribution in [-0.2, 0) is 6.42 Å². The van der Waals surface area contributed by atoms with E-state index in [0.717, 1.165) is 24.3 Å². The first kappa shape index (κ1) is 14.7. The SMILES string of the molecule is CCNC(Cc1ccc(Br)s1)C12CC3CC(CC(C3)C1)C2.